The molecule has 3 rings (SSSR count). The van der Waals surface area contributed by atoms with E-state index in [0.717, 1.165) is 6.42 Å². The van der Waals surface area contributed by atoms with Crippen LogP contribution in [0.5, 0.6) is 0 Å². The third-order valence-corrected chi connectivity index (χ3v) is 6.58. The monoisotopic (exact) mass is 220 g/mol. The molecule has 0 aromatic heterocycles. The lowest BCUT2D eigenvalue weighted by atomic mass is 9.54. The first kappa shape index (κ1) is 10.8. The van der Waals surface area contributed by atoms with Crippen molar-refractivity contribution in [1.82, 2.24) is 0 Å². The standard InChI is InChI=1S/C15H24O/c1-10-5-8-14(4)11(2)9-13(3)7-6-12(16)15(10,13)14/h9-10,12,16H,5-8H2,1-4H3/t10-,12+,13+,14+,15+/m1/s1. The Hall–Kier alpha value is -0.300. The lowest BCUT2D eigenvalue weighted by Gasteiger charge is -2.50. The predicted octanol–water partition coefficient (Wildman–Crippen LogP) is 3.53. The minimum Gasteiger partial charge on any atom is -0.392 e. The van der Waals surface area contributed by atoms with Crippen molar-refractivity contribution in [2.75, 3.05) is 0 Å². The Bertz CT molecular complexity index is 366. The molecule has 0 heterocycles. The van der Waals surface area contributed by atoms with Gasteiger partial charge in [-0.3, -0.25) is 0 Å². The molecule has 2 fully saturated rings. The van der Waals surface area contributed by atoms with Gasteiger partial charge >= 0.3 is 0 Å². The fourth-order valence-electron chi connectivity index (χ4n) is 5.98. The van der Waals surface area contributed by atoms with Crippen LogP contribution in [0, 0.1) is 22.2 Å². The summed E-state index contributed by atoms with van der Waals surface area (Å²) in [4.78, 5) is 0. The molecule has 1 N–H and O–H groups in total. The summed E-state index contributed by atoms with van der Waals surface area (Å²) in [5.74, 6) is 0.661. The molecule has 3 aliphatic rings. The van der Waals surface area contributed by atoms with E-state index in [2.05, 4.69) is 33.8 Å². The lowest BCUT2D eigenvalue weighted by Crippen LogP contribution is -2.50. The molecule has 2 saturated carbocycles. The normalized spacial score (nSPS) is 59.7. The number of allylic oxidation sites excluding steroid dienone is 2. The molecule has 0 saturated heterocycles. The third-order valence-electron chi connectivity index (χ3n) is 6.58. The molecule has 0 aromatic rings. The predicted molar refractivity (Wildman–Crippen MR) is 66.0 cm³/mol. The Morgan fingerprint density at radius 2 is 1.94 bits per heavy atom. The number of aliphatic hydroxyl groups excluding tert-OH is 1. The van der Waals surface area contributed by atoms with Crippen molar-refractivity contribution >= 4 is 0 Å². The second-order valence-electron chi connectivity index (χ2n) is 6.94. The molecule has 0 unspecified atom stereocenters. The van der Waals surface area contributed by atoms with Crippen molar-refractivity contribution in [3.05, 3.63) is 11.6 Å². The molecular formula is C15H24O. The fraction of sp³-hybridized carbons (Fsp3) is 0.867. The molecule has 90 valence electrons. The largest absolute Gasteiger partial charge is 0.392 e. The van der Waals surface area contributed by atoms with Gasteiger partial charge in [-0.15, -0.1) is 0 Å². The lowest BCUT2D eigenvalue weighted by molar-refractivity contribution is -0.0734. The van der Waals surface area contributed by atoms with Crippen LogP contribution in [0.3, 0.4) is 0 Å². The molecule has 0 amide bonds. The minimum absolute atomic E-state index is 0.0892. The Kier molecular flexibility index (Phi) is 1.86. The van der Waals surface area contributed by atoms with Gasteiger partial charge < -0.3 is 5.11 Å². The van der Waals surface area contributed by atoms with Crippen molar-refractivity contribution < 1.29 is 5.11 Å². The first-order chi connectivity index (χ1) is 7.38. The Morgan fingerprint density at radius 3 is 2.62 bits per heavy atom. The van der Waals surface area contributed by atoms with E-state index in [-0.39, 0.29) is 22.3 Å². The highest BCUT2D eigenvalue weighted by atomic mass is 16.3. The molecule has 1 nitrogen and oxygen atoms in total. The fourth-order valence-corrected chi connectivity index (χ4v) is 5.98. The van der Waals surface area contributed by atoms with Gasteiger partial charge in [-0.1, -0.05) is 32.4 Å². The number of hydrogen-bond acceptors (Lipinski definition) is 1. The SMILES string of the molecule is CC1=C[C@]2(C)CC[C@H](O)[C@@]23[C@H](C)CC[C@@]13C. The van der Waals surface area contributed by atoms with Gasteiger partial charge in [0.05, 0.1) is 6.10 Å². The van der Waals surface area contributed by atoms with Gasteiger partial charge in [0.15, 0.2) is 0 Å². The van der Waals surface area contributed by atoms with Gasteiger partial charge in [-0.2, -0.15) is 0 Å². The second-order valence-corrected chi connectivity index (χ2v) is 6.94. The van der Waals surface area contributed by atoms with Crippen LogP contribution in [0.25, 0.3) is 0 Å². The van der Waals surface area contributed by atoms with Gasteiger partial charge in [0.1, 0.15) is 0 Å². The average Bonchev–Trinajstić information content (AvgIpc) is 2.69. The van der Waals surface area contributed by atoms with Crippen molar-refractivity contribution in [1.29, 1.82) is 0 Å². The summed E-state index contributed by atoms with van der Waals surface area (Å²) in [5, 5.41) is 10.6. The van der Waals surface area contributed by atoms with Crippen molar-refractivity contribution in [2.24, 2.45) is 22.2 Å². The van der Waals surface area contributed by atoms with Gasteiger partial charge in [0.2, 0.25) is 0 Å². The zero-order chi connectivity index (χ0) is 11.8. The Labute approximate surface area is 98.9 Å². The molecule has 16 heavy (non-hydrogen) atoms. The topological polar surface area (TPSA) is 20.2 Å². The van der Waals surface area contributed by atoms with E-state index in [1.807, 2.05) is 0 Å². The number of hydrogen-bond donors (Lipinski definition) is 1. The van der Waals surface area contributed by atoms with Crippen molar-refractivity contribution in [2.45, 2.75) is 59.5 Å². The van der Waals surface area contributed by atoms with Crippen LogP contribution >= 0.6 is 0 Å². The summed E-state index contributed by atoms with van der Waals surface area (Å²) in [6, 6.07) is 0. The van der Waals surface area contributed by atoms with Crippen LogP contribution in [-0.2, 0) is 0 Å². The smallest absolute Gasteiger partial charge is 0.0615 e. The molecular weight excluding hydrogens is 196 g/mol. The van der Waals surface area contributed by atoms with Gasteiger partial charge in [0.25, 0.3) is 0 Å². The van der Waals surface area contributed by atoms with E-state index in [0.29, 0.717) is 5.92 Å². The highest BCUT2D eigenvalue weighted by Gasteiger charge is 2.72. The first-order valence-corrected chi connectivity index (χ1v) is 6.76. The van der Waals surface area contributed by atoms with E-state index < -0.39 is 0 Å². The van der Waals surface area contributed by atoms with E-state index in [1.165, 1.54) is 24.8 Å². The van der Waals surface area contributed by atoms with Gasteiger partial charge in [-0.25, -0.2) is 0 Å². The maximum atomic E-state index is 10.6. The zero-order valence-electron chi connectivity index (χ0n) is 11.0. The summed E-state index contributed by atoms with van der Waals surface area (Å²) in [6.45, 7) is 9.45. The van der Waals surface area contributed by atoms with E-state index >= 15 is 0 Å². The van der Waals surface area contributed by atoms with Crippen LogP contribution in [0.1, 0.15) is 53.4 Å². The number of aliphatic hydroxyl groups is 1. The average molecular weight is 220 g/mol. The van der Waals surface area contributed by atoms with Crippen LogP contribution in [0.4, 0.5) is 0 Å². The van der Waals surface area contributed by atoms with E-state index in [9.17, 15) is 5.11 Å². The quantitative estimate of drug-likeness (QED) is 0.619. The maximum absolute atomic E-state index is 10.6. The summed E-state index contributed by atoms with van der Waals surface area (Å²) >= 11 is 0. The highest BCUT2D eigenvalue weighted by Crippen LogP contribution is 2.77. The molecule has 5 atom stereocenters. The molecule has 1 heteroatoms. The molecule has 0 radical (unpaired) electrons. The summed E-state index contributed by atoms with van der Waals surface area (Å²) in [7, 11) is 0. The Morgan fingerprint density at radius 1 is 1.25 bits per heavy atom. The second kappa shape index (κ2) is 2.75. The molecule has 0 aromatic carbocycles. The van der Waals surface area contributed by atoms with Crippen LogP contribution in [0.2, 0.25) is 0 Å². The number of rotatable bonds is 0. The molecule has 3 aliphatic carbocycles. The Balaban J connectivity index is 2.25. The summed E-state index contributed by atoms with van der Waals surface area (Å²) in [5.41, 5.74) is 2.19. The maximum Gasteiger partial charge on any atom is 0.0615 e. The van der Waals surface area contributed by atoms with Gasteiger partial charge in [0, 0.05) is 5.41 Å². The van der Waals surface area contributed by atoms with E-state index in [1.54, 1.807) is 0 Å². The van der Waals surface area contributed by atoms with Crippen molar-refractivity contribution in [3.63, 3.8) is 0 Å². The third kappa shape index (κ3) is 0.796. The van der Waals surface area contributed by atoms with Gasteiger partial charge in [-0.05, 0) is 49.4 Å². The minimum atomic E-state index is -0.0892. The molecule has 0 aliphatic heterocycles. The highest BCUT2D eigenvalue weighted by molar-refractivity contribution is 5.38. The molecule has 1 spiro atoms. The summed E-state index contributed by atoms with van der Waals surface area (Å²) in [6.07, 6.45) is 7.14. The van der Waals surface area contributed by atoms with Crippen LogP contribution < -0.4 is 0 Å². The van der Waals surface area contributed by atoms with Crippen LogP contribution in [0.15, 0.2) is 11.6 Å². The van der Waals surface area contributed by atoms with E-state index in [4.69, 9.17) is 0 Å². The van der Waals surface area contributed by atoms with Crippen LogP contribution in [-0.4, -0.2) is 11.2 Å². The molecule has 0 bridgehead atoms. The first-order valence-electron chi connectivity index (χ1n) is 6.76. The van der Waals surface area contributed by atoms with Crippen molar-refractivity contribution in [3.8, 4) is 0 Å². The summed E-state index contributed by atoms with van der Waals surface area (Å²) < 4.78 is 0. The zero-order valence-corrected chi connectivity index (χ0v) is 11.0.